The molecule has 5 aromatic carbocycles. The molecule has 0 atom stereocenters. The van der Waals surface area contributed by atoms with Crippen LogP contribution in [-0.2, 0) is 25.5 Å². The molecule has 3 aromatic heterocycles. The summed E-state index contributed by atoms with van der Waals surface area (Å²) in [5.41, 5.74) is 11.5. The number of pyridine rings is 2. The number of fused-ring (bicyclic) bond motifs is 3. The first-order valence-electron chi connectivity index (χ1n) is 15.8. The molecule has 4 heteroatoms. The van der Waals surface area contributed by atoms with Crippen molar-refractivity contribution in [1.29, 1.82) is 0 Å². The van der Waals surface area contributed by atoms with E-state index in [0.29, 0.717) is 0 Å². The minimum Gasteiger partial charge on any atom is -0.501 e. The first kappa shape index (κ1) is 32.8. The molecule has 8 aromatic rings. The monoisotopic (exact) mass is 799 g/mol. The van der Waals surface area contributed by atoms with Gasteiger partial charge in [0.05, 0.1) is 5.58 Å². The van der Waals surface area contributed by atoms with Crippen LogP contribution in [0.2, 0.25) is 0 Å². The number of para-hydroxylation sites is 1. The van der Waals surface area contributed by atoms with E-state index in [2.05, 4.69) is 134 Å². The number of nitrogens with zero attached hydrogens (tertiary/aromatic N) is 2. The van der Waals surface area contributed by atoms with E-state index < -0.39 is 0 Å². The smallest absolute Gasteiger partial charge is 0.120 e. The molecule has 0 N–H and O–H groups in total. The van der Waals surface area contributed by atoms with Crippen LogP contribution in [0.25, 0.3) is 55.6 Å². The first-order valence-corrected chi connectivity index (χ1v) is 15.8. The molecule has 0 spiro atoms. The molecule has 0 unspecified atom stereocenters. The molecule has 0 aliphatic heterocycles. The summed E-state index contributed by atoms with van der Waals surface area (Å²) in [6.07, 6.45) is 3.73. The number of aromatic nitrogens is 2. The van der Waals surface area contributed by atoms with E-state index >= 15 is 0 Å². The fourth-order valence-electron chi connectivity index (χ4n) is 5.99. The molecule has 237 valence electrons. The number of furan rings is 1. The zero-order valence-electron chi connectivity index (χ0n) is 27.1. The summed E-state index contributed by atoms with van der Waals surface area (Å²) in [4.78, 5) is 9.03. The maximum atomic E-state index is 6.14. The zero-order chi connectivity index (χ0) is 32.2. The van der Waals surface area contributed by atoms with Gasteiger partial charge in [-0.1, -0.05) is 122 Å². The van der Waals surface area contributed by atoms with Gasteiger partial charge in [-0.15, -0.1) is 53.6 Å². The molecule has 0 saturated carbocycles. The topological polar surface area (TPSA) is 38.9 Å². The van der Waals surface area contributed by atoms with Crippen LogP contribution in [-0.4, -0.2) is 9.97 Å². The molecular formula is C44H34IrN2O-2. The molecule has 0 amide bonds. The molecule has 3 nitrogen and oxygen atoms in total. The fourth-order valence-corrected chi connectivity index (χ4v) is 5.99. The third kappa shape index (κ3) is 6.64. The van der Waals surface area contributed by atoms with Crippen molar-refractivity contribution in [2.24, 2.45) is 0 Å². The van der Waals surface area contributed by atoms with Gasteiger partial charge in [0, 0.05) is 37.9 Å². The van der Waals surface area contributed by atoms with Gasteiger partial charge in [0.25, 0.3) is 0 Å². The van der Waals surface area contributed by atoms with E-state index in [-0.39, 0.29) is 25.5 Å². The Hall–Kier alpha value is -5.15. The van der Waals surface area contributed by atoms with Crippen LogP contribution in [0, 0.1) is 19.1 Å². The Kier molecular flexibility index (Phi) is 9.77. The van der Waals surface area contributed by atoms with E-state index in [9.17, 15) is 0 Å². The normalized spacial score (nSPS) is 11.1. The fraction of sp³-hybridized carbons (Fsp3) is 0.0909. The Bertz CT molecular complexity index is 2260. The molecule has 0 fully saturated rings. The summed E-state index contributed by atoms with van der Waals surface area (Å²) in [7, 11) is 0. The van der Waals surface area contributed by atoms with Gasteiger partial charge in [-0.25, -0.2) is 0 Å². The van der Waals surface area contributed by atoms with Crippen molar-refractivity contribution in [2.45, 2.75) is 26.2 Å². The Morgan fingerprint density at radius 2 is 1.38 bits per heavy atom. The van der Waals surface area contributed by atoms with Crippen molar-refractivity contribution >= 4 is 21.9 Å². The second-order valence-corrected chi connectivity index (χ2v) is 12.1. The standard InChI is InChI=1S/C24H16NO.C20H18N.Ir/c1-16-15-25-22(14-21(16)17-8-3-2-4-9-17)20-12-7-11-19-18-10-5-6-13-23(18)26-24(19)20;1-20(2,17-8-4-3-5-9-17)18-13-11-16(12-14-18)19-10-6-7-15-21-19;/h2-11,13-15H,1H3;3-11,13-15H,1-2H3;/q2*-1;. The number of hydrogen-bond donors (Lipinski definition) is 0. The quantitative estimate of drug-likeness (QED) is 0.163. The summed E-state index contributed by atoms with van der Waals surface area (Å²) < 4.78 is 6.14. The van der Waals surface area contributed by atoms with Crippen molar-refractivity contribution < 1.29 is 24.5 Å². The summed E-state index contributed by atoms with van der Waals surface area (Å²) in [6.45, 7) is 6.57. The van der Waals surface area contributed by atoms with E-state index in [1.807, 2.05) is 60.9 Å². The van der Waals surface area contributed by atoms with Gasteiger partial charge in [0.15, 0.2) is 0 Å². The van der Waals surface area contributed by atoms with E-state index in [1.165, 1.54) is 22.3 Å². The Labute approximate surface area is 295 Å². The van der Waals surface area contributed by atoms with Gasteiger partial charge >= 0.3 is 0 Å². The van der Waals surface area contributed by atoms with Crippen molar-refractivity contribution in [3.63, 3.8) is 0 Å². The maximum absolute atomic E-state index is 6.14. The van der Waals surface area contributed by atoms with Crippen LogP contribution in [0.4, 0.5) is 0 Å². The van der Waals surface area contributed by atoms with Crippen LogP contribution in [0.1, 0.15) is 30.5 Å². The minimum atomic E-state index is -0.0274. The SMILES string of the molecule is CC(C)(c1c[c-]c(-c2ccccn2)cc1)c1ccccc1.Cc1cnc(-c2[c-]ccc3c2oc2ccccc23)cc1-c1ccccc1.[Ir]. The largest absolute Gasteiger partial charge is 0.501 e. The predicted molar refractivity (Wildman–Crippen MR) is 193 cm³/mol. The van der Waals surface area contributed by atoms with E-state index in [4.69, 9.17) is 4.42 Å². The van der Waals surface area contributed by atoms with Crippen LogP contribution in [0.3, 0.4) is 0 Å². The second-order valence-electron chi connectivity index (χ2n) is 12.1. The van der Waals surface area contributed by atoms with Gasteiger partial charge in [-0.05, 0) is 58.1 Å². The number of aryl methyl sites for hydroxylation is 1. The molecule has 0 bridgehead atoms. The summed E-state index contributed by atoms with van der Waals surface area (Å²) in [5, 5.41) is 2.21. The summed E-state index contributed by atoms with van der Waals surface area (Å²) >= 11 is 0. The third-order valence-electron chi connectivity index (χ3n) is 8.75. The Morgan fingerprint density at radius 1 is 0.646 bits per heavy atom. The maximum Gasteiger partial charge on any atom is 0.120 e. The van der Waals surface area contributed by atoms with E-state index in [1.54, 1.807) is 0 Å². The summed E-state index contributed by atoms with van der Waals surface area (Å²) in [6, 6.07) is 54.2. The summed E-state index contributed by atoms with van der Waals surface area (Å²) in [5.74, 6) is 0. The van der Waals surface area contributed by atoms with Gasteiger partial charge in [0.2, 0.25) is 0 Å². The van der Waals surface area contributed by atoms with Crippen molar-refractivity contribution in [2.75, 3.05) is 0 Å². The van der Waals surface area contributed by atoms with Crippen LogP contribution in [0.5, 0.6) is 0 Å². The van der Waals surface area contributed by atoms with Gasteiger partial charge < -0.3 is 14.4 Å². The first-order chi connectivity index (χ1) is 23.0. The Morgan fingerprint density at radius 3 is 2.10 bits per heavy atom. The molecular weight excluding hydrogens is 765 g/mol. The number of hydrogen-bond acceptors (Lipinski definition) is 3. The average molecular weight is 799 g/mol. The number of benzene rings is 5. The minimum absolute atomic E-state index is 0. The third-order valence-corrected chi connectivity index (χ3v) is 8.75. The van der Waals surface area contributed by atoms with Crippen LogP contribution in [0.15, 0.2) is 156 Å². The molecule has 0 aliphatic rings. The number of rotatable bonds is 5. The van der Waals surface area contributed by atoms with Crippen molar-refractivity contribution in [3.8, 4) is 33.6 Å². The molecule has 0 saturated heterocycles. The van der Waals surface area contributed by atoms with Crippen molar-refractivity contribution in [3.05, 3.63) is 181 Å². The average Bonchev–Trinajstić information content (AvgIpc) is 3.52. The predicted octanol–water partition coefficient (Wildman–Crippen LogP) is 11.3. The van der Waals surface area contributed by atoms with Gasteiger partial charge in [-0.2, -0.15) is 0 Å². The van der Waals surface area contributed by atoms with Gasteiger partial charge in [0.1, 0.15) is 5.58 Å². The second kappa shape index (κ2) is 14.3. The van der Waals surface area contributed by atoms with Crippen LogP contribution >= 0.6 is 0 Å². The Balaban J connectivity index is 0.000000168. The molecule has 1 radical (unpaired) electrons. The van der Waals surface area contributed by atoms with Crippen molar-refractivity contribution in [1.82, 2.24) is 9.97 Å². The zero-order valence-corrected chi connectivity index (χ0v) is 29.5. The van der Waals surface area contributed by atoms with E-state index in [0.717, 1.165) is 50.0 Å². The van der Waals surface area contributed by atoms with Crippen LogP contribution < -0.4 is 0 Å². The molecule has 0 aliphatic carbocycles. The molecule has 3 heterocycles. The van der Waals surface area contributed by atoms with Gasteiger partial charge in [-0.3, -0.25) is 0 Å². The molecule has 8 rings (SSSR count). The molecule has 48 heavy (non-hydrogen) atoms.